The molecule has 1 aliphatic heterocycles. The van der Waals surface area contributed by atoms with E-state index in [0.29, 0.717) is 24.6 Å². The summed E-state index contributed by atoms with van der Waals surface area (Å²) in [6, 6.07) is 3.15. The largest absolute Gasteiger partial charge is 0.505 e. The minimum Gasteiger partial charge on any atom is -0.505 e. The molecule has 0 spiro atoms. The summed E-state index contributed by atoms with van der Waals surface area (Å²) < 4.78 is 5.24. The van der Waals surface area contributed by atoms with E-state index in [2.05, 4.69) is 4.99 Å². The van der Waals surface area contributed by atoms with E-state index in [0.717, 1.165) is 0 Å². The summed E-state index contributed by atoms with van der Waals surface area (Å²) in [6.07, 6.45) is 0. The summed E-state index contributed by atoms with van der Waals surface area (Å²) in [5.74, 6) is 0.407. The van der Waals surface area contributed by atoms with Gasteiger partial charge in [0.15, 0.2) is 5.75 Å². The molecule has 1 aromatic rings. The zero-order chi connectivity index (χ0) is 10.1. The Morgan fingerprint density at radius 2 is 1.87 bits per heavy atom. The molecule has 2 rings (SSSR count). The second-order valence-corrected chi connectivity index (χ2v) is 3.64. The van der Waals surface area contributed by atoms with Crippen LogP contribution in [0, 0.1) is 0 Å². The maximum absolute atomic E-state index is 9.33. The molecular weight excluding hydrogens is 260 g/mol. The number of hydrogen-bond donors (Lipinski definition) is 1. The average Bonchev–Trinajstić information content (AvgIpc) is 2.66. The molecule has 0 saturated carbocycles. The lowest BCUT2D eigenvalue weighted by atomic mass is 10.2. The van der Waals surface area contributed by atoms with Crippen molar-refractivity contribution in [2.24, 2.45) is 4.99 Å². The second-order valence-electron chi connectivity index (χ2n) is 2.82. The Morgan fingerprint density at radius 1 is 1.27 bits per heavy atom. The molecule has 15 heavy (non-hydrogen) atoms. The standard InChI is InChI=1S/C9H7Cl2NO2.ClH/c10-6-3-5(4-7(11)8(6)13)9-12-1-2-14-9;/h3-4,13H,1-2H2;1H. The van der Waals surface area contributed by atoms with Gasteiger partial charge in [0.05, 0.1) is 16.6 Å². The molecule has 6 heteroatoms. The van der Waals surface area contributed by atoms with Crippen LogP contribution in [0.3, 0.4) is 0 Å². The van der Waals surface area contributed by atoms with Gasteiger partial charge in [-0.15, -0.1) is 12.4 Å². The number of ether oxygens (including phenoxy) is 1. The number of halogens is 3. The molecule has 0 amide bonds. The molecule has 1 aliphatic rings. The van der Waals surface area contributed by atoms with E-state index in [1.54, 1.807) is 12.1 Å². The quantitative estimate of drug-likeness (QED) is 0.851. The summed E-state index contributed by atoms with van der Waals surface area (Å²) in [5.41, 5.74) is 0.690. The Morgan fingerprint density at radius 3 is 2.33 bits per heavy atom. The van der Waals surface area contributed by atoms with E-state index in [1.165, 1.54) is 0 Å². The molecule has 0 aliphatic carbocycles. The van der Waals surface area contributed by atoms with E-state index in [4.69, 9.17) is 27.9 Å². The Kier molecular flexibility index (Phi) is 4.08. The van der Waals surface area contributed by atoms with Crippen molar-refractivity contribution in [3.05, 3.63) is 27.7 Å². The summed E-state index contributed by atoms with van der Waals surface area (Å²) in [7, 11) is 0. The number of hydrogen-bond acceptors (Lipinski definition) is 3. The molecule has 0 radical (unpaired) electrons. The van der Waals surface area contributed by atoms with Gasteiger partial charge in [0.2, 0.25) is 5.90 Å². The molecule has 0 saturated heterocycles. The Hall–Kier alpha value is -0.640. The van der Waals surface area contributed by atoms with Crippen molar-refractivity contribution in [1.82, 2.24) is 0 Å². The van der Waals surface area contributed by atoms with Crippen LogP contribution in [0.15, 0.2) is 17.1 Å². The summed E-state index contributed by atoms with van der Waals surface area (Å²) in [6.45, 7) is 1.22. The minimum atomic E-state index is -0.115. The van der Waals surface area contributed by atoms with Gasteiger partial charge in [0, 0.05) is 5.56 Å². The van der Waals surface area contributed by atoms with Gasteiger partial charge < -0.3 is 9.84 Å². The predicted molar refractivity (Wildman–Crippen MR) is 62.7 cm³/mol. The molecule has 1 heterocycles. The average molecular weight is 269 g/mol. The third-order valence-electron chi connectivity index (χ3n) is 1.85. The second kappa shape index (κ2) is 4.92. The molecule has 0 fully saturated rings. The van der Waals surface area contributed by atoms with Gasteiger partial charge in [-0.05, 0) is 12.1 Å². The van der Waals surface area contributed by atoms with Crippen LogP contribution in [0.5, 0.6) is 5.75 Å². The van der Waals surface area contributed by atoms with Crippen molar-refractivity contribution in [2.45, 2.75) is 0 Å². The zero-order valence-electron chi connectivity index (χ0n) is 7.54. The van der Waals surface area contributed by atoms with Crippen molar-refractivity contribution < 1.29 is 9.84 Å². The van der Waals surface area contributed by atoms with Crippen LogP contribution < -0.4 is 0 Å². The first-order chi connectivity index (χ1) is 6.68. The summed E-state index contributed by atoms with van der Waals surface area (Å²) >= 11 is 11.5. The van der Waals surface area contributed by atoms with Gasteiger partial charge in [-0.25, -0.2) is 4.99 Å². The summed E-state index contributed by atoms with van der Waals surface area (Å²) in [5, 5.41) is 9.73. The number of phenols is 1. The Labute approximate surface area is 103 Å². The van der Waals surface area contributed by atoms with Crippen molar-refractivity contribution in [1.29, 1.82) is 0 Å². The highest BCUT2D eigenvalue weighted by Gasteiger charge is 2.14. The summed E-state index contributed by atoms with van der Waals surface area (Å²) in [4.78, 5) is 4.11. The van der Waals surface area contributed by atoms with Crippen LogP contribution in [-0.4, -0.2) is 24.2 Å². The van der Waals surface area contributed by atoms with E-state index in [-0.39, 0.29) is 28.2 Å². The third-order valence-corrected chi connectivity index (χ3v) is 2.43. The molecule has 0 atom stereocenters. The number of aliphatic imine (C=N–C) groups is 1. The number of rotatable bonds is 1. The van der Waals surface area contributed by atoms with Gasteiger partial charge in [-0.3, -0.25) is 0 Å². The molecule has 0 bridgehead atoms. The molecular formula is C9H8Cl3NO2. The van der Waals surface area contributed by atoms with Gasteiger partial charge in [-0.2, -0.15) is 0 Å². The van der Waals surface area contributed by atoms with E-state index >= 15 is 0 Å². The third kappa shape index (κ3) is 2.48. The maximum atomic E-state index is 9.33. The van der Waals surface area contributed by atoms with Gasteiger partial charge >= 0.3 is 0 Å². The van der Waals surface area contributed by atoms with Gasteiger partial charge in [-0.1, -0.05) is 23.2 Å². The predicted octanol–water partition coefficient (Wildman–Crippen LogP) is 2.90. The topological polar surface area (TPSA) is 41.8 Å². The fourth-order valence-corrected chi connectivity index (χ4v) is 1.69. The Balaban J connectivity index is 0.00000112. The van der Waals surface area contributed by atoms with Crippen molar-refractivity contribution >= 4 is 41.5 Å². The van der Waals surface area contributed by atoms with Crippen LogP contribution in [0.4, 0.5) is 0 Å². The molecule has 0 unspecified atom stereocenters. The SMILES string of the molecule is Cl.Oc1c(Cl)cc(C2=NCCO2)cc1Cl. The fraction of sp³-hybridized carbons (Fsp3) is 0.222. The smallest absolute Gasteiger partial charge is 0.216 e. The fourth-order valence-electron chi connectivity index (χ4n) is 1.20. The Bertz CT molecular complexity index is 383. The molecule has 1 N–H and O–H groups in total. The van der Waals surface area contributed by atoms with E-state index < -0.39 is 0 Å². The maximum Gasteiger partial charge on any atom is 0.216 e. The van der Waals surface area contributed by atoms with Gasteiger partial charge in [0.25, 0.3) is 0 Å². The first kappa shape index (κ1) is 12.4. The highest BCUT2D eigenvalue weighted by molar-refractivity contribution is 6.37. The van der Waals surface area contributed by atoms with E-state index in [9.17, 15) is 5.11 Å². The van der Waals surface area contributed by atoms with Crippen LogP contribution in [0.1, 0.15) is 5.56 Å². The number of benzene rings is 1. The van der Waals surface area contributed by atoms with Crippen LogP contribution in [0.25, 0.3) is 0 Å². The molecule has 0 aromatic heterocycles. The van der Waals surface area contributed by atoms with Crippen LogP contribution >= 0.6 is 35.6 Å². The lowest BCUT2D eigenvalue weighted by Crippen LogP contribution is -2.00. The molecule has 3 nitrogen and oxygen atoms in total. The lowest BCUT2D eigenvalue weighted by molar-refractivity contribution is 0.348. The lowest BCUT2D eigenvalue weighted by Gasteiger charge is -2.05. The number of nitrogens with zero attached hydrogens (tertiary/aromatic N) is 1. The van der Waals surface area contributed by atoms with Crippen molar-refractivity contribution in [3.63, 3.8) is 0 Å². The van der Waals surface area contributed by atoms with Crippen molar-refractivity contribution in [3.8, 4) is 5.75 Å². The number of phenolic OH excluding ortho intramolecular Hbond substituents is 1. The highest BCUT2D eigenvalue weighted by atomic mass is 35.5. The van der Waals surface area contributed by atoms with Gasteiger partial charge in [0.1, 0.15) is 6.61 Å². The number of aromatic hydroxyl groups is 1. The normalized spacial score (nSPS) is 14.1. The monoisotopic (exact) mass is 267 g/mol. The van der Waals surface area contributed by atoms with Crippen LogP contribution in [0.2, 0.25) is 10.0 Å². The minimum absolute atomic E-state index is 0. The highest BCUT2D eigenvalue weighted by Crippen LogP contribution is 2.33. The first-order valence-corrected chi connectivity index (χ1v) is 4.79. The zero-order valence-corrected chi connectivity index (χ0v) is 9.86. The van der Waals surface area contributed by atoms with Crippen LogP contribution in [-0.2, 0) is 4.74 Å². The van der Waals surface area contributed by atoms with E-state index in [1.807, 2.05) is 0 Å². The van der Waals surface area contributed by atoms with Crippen molar-refractivity contribution in [2.75, 3.05) is 13.2 Å². The molecule has 82 valence electrons. The molecule has 1 aromatic carbocycles. The first-order valence-electron chi connectivity index (χ1n) is 4.04.